The van der Waals surface area contributed by atoms with Crippen LogP contribution in [0.25, 0.3) is 0 Å². The molecule has 29 heavy (non-hydrogen) atoms. The molecule has 0 aromatic heterocycles. The molecular formula is C23H26K4O2-4. The molecule has 0 heterocycles. The molecule has 0 saturated heterocycles. The molecule has 0 aromatic carbocycles. The maximum Gasteiger partial charge on any atom is 1.00 e. The first kappa shape index (κ1) is 34.0. The average molecular weight is 491 g/mol. The Balaban J connectivity index is 0.00000196. The molecule has 0 radical (unpaired) electrons. The van der Waals surface area contributed by atoms with E-state index in [0.29, 0.717) is 48.5 Å². The Bertz CT molecular complexity index is 537. The topological polar surface area (TPSA) is 26.3 Å². The molecule has 2 saturated carbocycles. The monoisotopic (exact) mass is 490 g/mol. The summed E-state index contributed by atoms with van der Waals surface area (Å²) in [6.45, 7) is 0.515. The standard InChI is InChI=1S/C23H26O2.4K/c24-23(15-17-9-11-19-5-1-3-7-21(19)13-17)25-16-18-10-12-20-6-2-4-8-22(20)14-18;;;;/h1-8,11-14,17-22H,9-10,15-16H2;;;;/q-8;4*+1. The van der Waals surface area contributed by atoms with E-state index in [-0.39, 0.29) is 212 Å². The van der Waals surface area contributed by atoms with Crippen LogP contribution < -0.4 is 206 Å². The van der Waals surface area contributed by atoms with Crippen molar-refractivity contribution in [3.63, 3.8) is 0 Å². The second-order valence-electron chi connectivity index (χ2n) is 7.58. The number of carbonyl (C=O) groups is 1. The smallest absolute Gasteiger partial charge is 0.468 e. The summed E-state index contributed by atoms with van der Waals surface area (Å²) in [5.74, 6) is 2.54. The summed E-state index contributed by atoms with van der Waals surface area (Å²) >= 11 is 0. The van der Waals surface area contributed by atoms with Crippen molar-refractivity contribution in [2.45, 2.75) is 19.3 Å². The molecule has 0 spiro atoms. The van der Waals surface area contributed by atoms with E-state index in [1.54, 1.807) is 0 Å². The van der Waals surface area contributed by atoms with Crippen LogP contribution in [0.2, 0.25) is 0 Å². The fourth-order valence-electron chi connectivity index (χ4n) is 4.34. The number of rotatable bonds is 4. The van der Waals surface area contributed by atoms with E-state index in [9.17, 15) is 4.79 Å². The van der Waals surface area contributed by atoms with Crippen LogP contribution in [-0.2, 0) is 9.53 Å². The van der Waals surface area contributed by atoms with E-state index in [2.05, 4.69) is 75.7 Å². The van der Waals surface area contributed by atoms with Crippen molar-refractivity contribution in [2.75, 3.05) is 6.61 Å². The van der Waals surface area contributed by atoms with Gasteiger partial charge in [0.1, 0.15) is 0 Å². The number of allylic oxidation sites excluding steroid dienone is 4. The molecule has 4 rings (SSSR count). The van der Waals surface area contributed by atoms with E-state index in [0.717, 1.165) is 12.8 Å². The van der Waals surface area contributed by atoms with Crippen molar-refractivity contribution in [3.05, 3.63) is 75.7 Å². The third-order valence-corrected chi connectivity index (χ3v) is 5.74. The Morgan fingerprint density at radius 2 is 1.17 bits per heavy atom. The van der Waals surface area contributed by atoms with Crippen molar-refractivity contribution in [3.8, 4) is 0 Å². The van der Waals surface area contributed by atoms with E-state index in [1.165, 1.54) is 0 Å². The average Bonchev–Trinajstić information content (AvgIpc) is 2.66. The van der Waals surface area contributed by atoms with Gasteiger partial charge in [0.05, 0.1) is 6.61 Å². The predicted octanol–water partition coefficient (Wildman–Crippen LogP) is -7.79. The summed E-state index contributed by atoms with van der Waals surface area (Å²) < 4.78 is 5.60. The Hall–Kier alpha value is 4.98. The van der Waals surface area contributed by atoms with Gasteiger partial charge in [0, 0.05) is 6.42 Å². The summed E-state index contributed by atoms with van der Waals surface area (Å²) in [7, 11) is 0. The van der Waals surface area contributed by atoms with Crippen LogP contribution in [0, 0.1) is 86.9 Å². The molecule has 0 aliphatic heterocycles. The molecule has 4 aliphatic rings. The molecule has 2 fully saturated rings. The van der Waals surface area contributed by atoms with E-state index < -0.39 is 0 Å². The quantitative estimate of drug-likeness (QED) is 0.222. The maximum absolute atomic E-state index is 12.3. The molecule has 0 amide bonds. The molecule has 4 aliphatic carbocycles. The van der Waals surface area contributed by atoms with Gasteiger partial charge >= 0.3 is 212 Å². The Labute approximate surface area is 348 Å². The Kier molecular flexibility index (Phi) is 21.4. The van der Waals surface area contributed by atoms with Gasteiger partial charge in [-0.2, -0.15) is 11.8 Å². The first-order valence-corrected chi connectivity index (χ1v) is 9.50. The Morgan fingerprint density at radius 3 is 1.72 bits per heavy atom. The number of hydrogen-bond donors (Lipinski definition) is 0. The summed E-state index contributed by atoms with van der Waals surface area (Å²) in [5.41, 5.74) is 0. The fraction of sp³-hybridized carbons (Fsp3) is 0.435. The minimum atomic E-state index is -0.0574. The molecule has 6 atom stereocenters. The Morgan fingerprint density at radius 1 is 0.724 bits per heavy atom. The number of hydrogen-bond acceptors (Lipinski definition) is 2. The number of ether oxygens (including phenoxy) is 1. The van der Waals surface area contributed by atoms with Crippen LogP contribution in [0.1, 0.15) is 19.3 Å². The van der Waals surface area contributed by atoms with Gasteiger partial charge < -0.3 is 80.4 Å². The van der Waals surface area contributed by atoms with Gasteiger partial charge in [-0.15, -0.1) is 0 Å². The fourth-order valence-corrected chi connectivity index (χ4v) is 4.34. The number of esters is 1. The first-order chi connectivity index (χ1) is 12.3. The summed E-state index contributed by atoms with van der Waals surface area (Å²) in [4.78, 5) is 12.3. The van der Waals surface area contributed by atoms with Crippen LogP contribution in [0.15, 0.2) is 24.3 Å². The maximum atomic E-state index is 12.3. The van der Waals surface area contributed by atoms with Crippen LogP contribution in [0.5, 0.6) is 0 Å². The normalized spacial score (nSPS) is 33.5. The van der Waals surface area contributed by atoms with Gasteiger partial charge in [-0.3, -0.25) is 28.5 Å². The minimum absolute atomic E-state index is 0. The van der Waals surface area contributed by atoms with Gasteiger partial charge in [0.25, 0.3) is 0 Å². The number of carbonyl (C=O) groups excluding carboxylic acids is 1. The second-order valence-corrected chi connectivity index (χ2v) is 7.58. The first-order valence-electron chi connectivity index (χ1n) is 9.50. The van der Waals surface area contributed by atoms with Crippen LogP contribution in [0.4, 0.5) is 0 Å². The zero-order valence-electron chi connectivity index (χ0n) is 18.5. The van der Waals surface area contributed by atoms with Gasteiger partial charge in [-0.1, -0.05) is 0 Å². The molecular weight excluding hydrogens is 465 g/mol. The largest absolute Gasteiger partial charge is 1.00 e. The molecule has 0 aromatic rings. The minimum Gasteiger partial charge on any atom is -0.468 e. The third-order valence-electron chi connectivity index (χ3n) is 5.74. The van der Waals surface area contributed by atoms with Crippen molar-refractivity contribution < 1.29 is 215 Å². The summed E-state index contributed by atoms with van der Waals surface area (Å²) in [6.07, 6.45) is 29.3. The molecule has 6 unspecified atom stereocenters. The van der Waals surface area contributed by atoms with Gasteiger partial charge in [0.2, 0.25) is 0 Å². The van der Waals surface area contributed by atoms with Gasteiger partial charge in [-0.25, -0.2) is 12.8 Å². The van der Waals surface area contributed by atoms with Crippen molar-refractivity contribution in [1.29, 1.82) is 0 Å². The zero-order chi connectivity index (χ0) is 17.1. The van der Waals surface area contributed by atoms with Crippen LogP contribution >= 0.6 is 0 Å². The molecule has 138 valence electrons. The predicted molar refractivity (Wildman–Crippen MR) is 98.4 cm³/mol. The van der Waals surface area contributed by atoms with Crippen molar-refractivity contribution in [1.82, 2.24) is 0 Å². The molecule has 0 bridgehead atoms. The van der Waals surface area contributed by atoms with Crippen LogP contribution in [0.3, 0.4) is 0 Å². The molecule has 6 heteroatoms. The van der Waals surface area contributed by atoms with E-state index >= 15 is 0 Å². The summed E-state index contributed by atoms with van der Waals surface area (Å²) in [6, 6.07) is 0. The number of fused-ring (bicyclic) bond motifs is 2. The molecule has 2 nitrogen and oxygen atoms in total. The van der Waals surface area contributed by atoms with Gasteiger partial charge in [0.15, 0.2) is 0 Å². The SMILES string of the molecule is O=C(CC1[CH-]C2[CH-]C=C[CH-]C2[CH-]C1)OCC1[CH-]C2[CH-]C=C[CH-]C2[CH-]C1.[K+].[K+].[K+].[K+]. The summed E-state index contributed by atoms with van der Waals surface area (Å²) in [5, 5.41) is 0. The van der Waals surface area contributed by atoms with Crippen LogP contribution in [-0.4, -0.2) is 12.6 Å². The third kappa shape index (κ3) is 10.9. The van der Waals surface area contributed by atoms with E-state index in [4.69, 9.17) is 4.74 Å². The van der Waals surface area contributed by atoms with Crippen molar-refractivity contribution >= 4 is 5.97 Å². The zero-order valence-corrected chi connectivity index (χ0v) is 31.0. The molecule has 0 N–H and O–H groups in total. The van der Waals surface area contributed by atoms with Crippen molar-refractivity contribution in [2.24, 2.45) is 35.5 Å². The van der Waals surface area contributed by atoms with E-state index in [1.807, 2.05) is 0 Å². The van der Waals surface area contributed by atoms with Gasteiger partial charge in [-0.05, 0) is 0 Å². The second kappa shape index (κ2) is 18.3.